The van der Waals surface area contributed by atoms with Crippen molar-refractivity contribution in [1.82, 2.24) is 4.98 Å². The first-order chi connectivity index (χ1) is 10.7. The van der Waals surface area contributed by atoms with Crippen LogP contribution in [0.5, 0.6) is 5.75 Å². The number of aromatic nitrogens is 1. The van der Waals surface area contributed by atoms with Crippen molar-refractivity contribution >= 4 is 17.4 Å². The fourth-order valence-corrected chi connectivity index (χ4v) is 2.70. The summed E-state index contributed by atoms with van der Waals surface area (Å²) >= 11 is 5.96. The van der Waals surface area contributed by atoms with Crippen molar-refractivity contribution < 1.29 is 9.84 Å². The molecule has 0 atom stereocenters. The summed E-state index contributed by atoms with van der Waals surface area (Å²) in [7, 11) is 1.68. The third-order valence-electron chi connectivity index (χ3n) is 3.90. The van der Waals surface area contributed by atoms with E-state index < -0.39 is 0 Å². The molecule has 2 aromatic rings. The summed E-state index contributed by atoms with van der Waals surface area (Å²) in [5.74, 6) is 2.24. The summed E-state index contributed by atoms with van der Waals surface area (Å²) in [5.41, 5.74) is 3.09. The van der Waals surface area contributed by atoms with Crippen molar-refractivity contribution in [3.05, 3.63) is 52.2 Å². The molecule has 3 rings (SSSR count). The van der Waals surface area contributed by atoms with E-state index >= 15 is 0 Å². The first-order valence-electron chi connectivity index (χ1n) is 7.38. The number of aliphatic hydroxyl groups excluding tert-OH is 1. The Labute approximate surface area is 135 Å². The molecule has 1 saturated carbocycles. The number of rotatable bonds is 6. The largest absolute Gasteiger partial charge is 0.497 e. The number of aliphatic hydroxyl groups is 1. The standard InChI is InChI=1S/C17H19ClN2O2/c1-22-13-4-5-14(11-2-3-11)12(8-13)9-19-17-7-6-15(18)16(10-21)20-17/h4-8,11,21H,2-3,9-10H2,1H3,(H,19,20). The van der Waals surface area contributed by atoms with Gasteiger partial charge in [0.15, 0.2) is 0 Å². The molecule has 4 nitrogen and oxygen atoms in total. The molecular formula is C17H19ClN2O2. The predicted molar refractivity (Wildman–Crippen MR) is 87.5 cm³/mol. The van der Waals surface area contributed by atoms with Gasteiger partial charge in [0.1, 0.15) is 11.6 Å². The van der Waals surface area contributed by atoms with E-state index in [9.17, 15) is 5.11 Å². The van der Waals surface area contributed by atoms with Crippen LogP contribution in [0.1, 0.15) is 35.6 Å². The molecule has 1 heterocycles. The molecule has 0 unspecified atom stereocenters. The van der Waals surface area contributed by atoms with Crippen molar-refractivity contribution in [3.63, 3.8) is 0 Å². The minimum absolute atomic E-state index is 0.166. The molecule has 1 aliphatic rings. The zero-order chi connectivity index (χ0) is 15.5. The van der Waals surface area contributed by atoms with Crippen LogP contribution in [0.3, 0.4) is 0 Å². The Hall–Kier alpha value is -1.78. The van der Waals surface area contributed by atoms with Crippen LogP contribution in [0, 0.1) is 0 Å². The van der Waals surface area contributed by atoms with E-state index in [-0.39, 0.29) is 6.61 Å². The molecule has 0 radical (unpaired) electrons. The highest BCUT2D eigenvalue weighted by Gasteiger charge is 2.26. The van der Waals surface area contributed by atoms with Crippen LogP contribution in [0.15, 0.2) is 30.3 Å². The van der Waals surface area contributed by atoms with E-state index in [2.05, 4.69) is 22.4 Å². The maximum absolute atomic E-state index is 9.23. The second kappa shape index (κ2) is 6.55. The van der Waals surface area contributed by atoms with Gasteiger partial charge >= 0.3 is 0 Å². The van der Waals surface area contributed by atoms with E-state index in [1.165, 1.54) is 24.0 Å². The van der Waals surface area contributed by atoms with E-state index in [4.69, 9.17) is 16.3 Å². The lowest BCUT2D eigenvalue weighted by atomic mass is 10.0. The quantitative estimate of drug-likeness (QED) is 0.852. The molecule has 0 amide bonds. The van der Waals surface area contributed by atoms with Gasteiger partial charge < -0.3 is 15.2 Å². The number of nitrogens with one attached hydrogen (secondary N) is 1. The van der Waals surface area contributed by atoms with E-state index in [1.807, 2.05) is 12.1 Å². The molecule has 1 aromatic carbocycles. The number of hydrogen-bond acceptors (Lipinski definition) is 4. The maximum Gasteiger partial charge on any atom is 0.126 e. The highest BCUT2D eigenvalue weighted by atomic mass is 35.5. The number of nitrogens with zero attached hydrogens (tertiary/aromatic N) is 1. The van der Waals surface area contributed by atoms with Gasteiger partial charge in [0.25, 0.3) is 0 Å². The molecule has 1 fully saturated rings. The molecule has 0 spiro atoms. The number of hydrogen-bond donors (Lipinski definition) is 2. The van der Waals surface area contributed by atoms with Crippen LogP contribution in [0.4, 0.5) is 5.82 Å². The lowest BCUT2D eigenvalue weighted by Gasteiger charge is -2.13. The van der Waals surface area contributed by atoms with Crippen molar-refractivity contribution in [2.45, 2.75) is 31.9 Å². The Balaban J connectivity index is 1.78. The average Bonchev–Trinajstić information content (AvgIpc) is 3.38. The monoisotopic (exact) mass is 318 g/mol. The van der Waals surface area contributed by atoms with Gasteiger partial charge in [-0.3, -0.25) is 0 Å². The molecule has 0 aliphatic heterocycles. The van der Waals surface area contributed by atoms with Gasteiger partial charge in [0.05, 0.1) is 24.4 Å². The highest BCUT2D eigenvalue weighted by Crippen LogP contribution is 2.42. The third kappa shape index (κ3) is 3.34. The number of methoxy groups -OCH3 is 1. The molecule has 1 aliphatic carbocycles. The van der Waals surface area contributed by atoms with Gasteiger partial charge in [-0.2, -0.15) is 0 Å². The lowest BCUT2D eigenvalue weighted by Crippen LogP contribution is -2.05. The molecule has 22 heavy (non-hydrogen) atoms. The van der Waals surface area contributed by atoms with E-state index in [1.54, 1.807) is 13.2 Å². The number of pyridine rings is 1. The third-order valence-corrected chi connectivity index (χ3v) is 4.24. The zero-order valence-electron chi connectivity index (χ0n) is 12.5. The summed E-state index contributed by atoms with van der Waals surface area (Å²) in [6.07, 6.45) is 2.51. The first kappa shape index (κ1) is 15.1. The van der Waals surface area contributed by atoms with Gasteiger partial charge in [0, 0.05) is 6.54 Å². The summed E-state index contributed by atoms with van der Waals surface area (Å²) < 4.78 is 5.32. The predicted octanol–water partition coefficient (Wildman–Crippen LogP) is 3.73. The number of anilines is 1. The number of ether oxygens (including phenoxy) is 1. The van der Waals surface area contributed by atoms with Crippen LogP contribution in [0.2, 0.25) is 5.02 Å². The Morgan fingerprint density at radius 1 is 1.32 bits per heavy atom. The van der Waals surface area contributed by atoms with Crippen LogP contribution in [-0.2, 0) is 13.2 Å². The molecule has 5 heteroatoms. The maximum atomic E-state index is 9.23. The Morgan fingerprint density at radius 2 is 2.14 bits per heavy atom. The Morgan fingerprint density at radius 3 is 2.82 bits per heavy atom. The van der Waals surface area contributed by atoms with Crippen molar-refractivity contribution in [2.75, 3.05) is 12.4 Å². The first-order valence-corrected chi connectivity index (χ1v) is 7.76. The summed E-state index contributed by atoms with van der Waals surface area (Å²) in [6.45, 7) is 0.503. The molecule has 0 saturated heterocycles. The summed E-state index contributed by atoms with van der Waals surface area (Å²) in [4.78, 5) is 4.31. The average molecular weight is 319 g/mol. The second-order valence-electron chi connectivity index (χ2n) is 5.48. The lowest BCUT2D eigenvalue weighted by molar-refractivity contribution is 0.277. The van der Waals surface area contributed by atoms with Crippen molar-refractivity contribution in [1.29, 1.82) is 0 Å². The SMILES string of the molecule is COc1ccc(C2CC2)c(CNc2ccc(Cl)c(CO)n2)c1. The minimum Gasteiger partial charge on any atom is -0.497 e. The van der Waals surface area contributed by atoms with Gasteiger partial charge in [0.2, 0.25) is 0 Å². The van der Waals surface area contributed by atoms with Gasteiger partial charge in [-0.05, 0) is 54.2 Å². The number of benzene rings is 1. The van der Waals surface area contributed by atoms with Gasteiger partial charge in [-0.1, -0.05) is 17.7 Å². The van der Waals surface area contributed by atoms with Gasteiger partial charge in [-0.25, -0.2) is 4.98 Å². The summed E-state index contributed by atoms with van der Waals surface area (Å²) in [6, 6.07) is 9.81. The van der Waals surface area contributed by atoms with Crippen LogP contribution in [0.25, 0.3) is 0 Å². The van der Waals surface area contributed by atoms with Crippen LogP contribution in [-0.4, -0.2) is 17.2 Å². The highest BCUT2D eigenvalue weighted by molar-refractivity contribution is 6.31. The Bertz CT molecular complexity index is 672. The van der Waals surface area contributed by atoms with E-state index in [0.717, 1.165) is 5.75 Å². The summed E-state index contributed by atoms with van der Waals surface area (Å²) in [5, 5.41) is 13.0. The molecule has 2 N–H and O–H groups in total. The molecular weight excluding hydrogens is 300 g/mol. The van der Waals surface area contributed by atoms with Crippen LogP contribution < -0.4 is 10.1 Å². The van der Waals surface area contributed by atoms with Crippen molar-refractivity contribution in [3.8, 4) is 5.75 Å². The van der Waals surface area contributed by atoms with Crippen molar-refractivity contribution in [2.24, 2.45) is 0 Å². The second-order valence-corrected chi connectivity index (χ2v) is 5.88. The minimum atomic E-state index is -0.166. The van der Waals surface area contributed by atoms with Crippen LogP contribution >= 0.6 is 11.6 Å². The topological polar surface area (TPSA) is 54.4 Å². The Kier molecular flexibility index (Phi) is 4.50. The smallest absolute Gasteiger partial charge is 0.126 e. The fourth-order valence-electron chi connectivity index (χ4n) is 2.53. The molecule has 116 valence electrons. The van der Waals surface area contributed by atoms with E-state index in [0.29, 0.717) is 29.0 Å². The fraction of sp³-hybridized carbons (Fsp3) is 0.353. The molecule has 1 aromatic heterocycles. The normalized spacial score (nSPS) is 14.0. The molecule has 0 bridgehead atoms. The zero-order valence-corrected chi connectivity index (χ0v) is 13.2. The van der Waals surface area contributed by atoms with Gasteiger partial charge in [-0.15, -0.1) is 0 Å². The number of halogens is 1.